The number of nitrogens with zero attached hydrogens (tertiary/aromatic N) is 2. The predicted octanol–water partition coefficient (Wildman–Crippen LogP) is 2.99. The van der Waals surface area contributed by atoms with Crippen molar-refractivity contribution in [2.24, 2.45) is 0 Å². The third-order valence-electron chi connectivity index (χ3n) is 5.20. The highest BCUT2D eigenvalue weighted by atomic mass is 19.1. The SMILES string of the molecule is Cc1ccc(C(=O)NCCNC(=O)c2ccc(-n3cnc4ccccc4c3=O)cc2)cc1F. The fourth-order valence-electron chi connectivity index (χ4n) is 3.32. The molecule has 0 bridgehead atoms. The molecule has 0 saturated carbocycles. The molecule has 0 radical (unpaired) electrons. The molecule has 0 aliphatic heterocycles. The lowest BCUT2D eigenvalue weighted by molar-refractivity contribution is 0.0927. The van der Waals surface area contributed by atoms with Gasteiger partial charge in [-0.05, 0) is 61.0 Å². The molecule has 0 aliphatic rings. The van der Waals surface area contributed by atoms with Gasteiger partial charge < -0.3 is 10.6 Å². The average Bonchev–Trinajstić information content (AvgIpc) is 2.84. The second kappa shape index (κ2) is 9.44. The number of aryl methyl sites for hydroxylation is 1. The summed E-state index contributed by atoms with van der Waals surface area (Å²) in [5.41, 5.74) is 2.11. The van der Waals surface area contributed by atoms with E-state index in [1.807, 2.05) is 6.07 Å². The lowest BCUT2D eigenvalue weighted by Gasteiger charge is -2.09. The zero-order chi connectivity index (χ0) is 23.4. The highest BCUT2D eigenvalue weighted by molar-refractivity contribution is 5.95. The third kappa shape index (κ3) is 4.79. The van der Waals surface area contributed by atoms with E-state index in [2.05, 4.69) is 15.6 Å². The lowest BCUT2D eigenvalue weighted by Crippen LogP contribution is -2.34. The number of carbonyl (C=O) groups excluding carboxylic acids is 2. The number of aromatic nitrogens is 2. The van der Waals surface area contributed by atoms with Crippen molar-refractivity contribution in [1.29, 1.82) is 0 Å². The summed E-state index contributed by atoms with van der Waals surface area (Å²) >= 11 is 0. The molecule has 2 amide bonds. The number of halogens is 1. The second-order valence-electron chi connectivity index (χ2n) is 7.46. The Bertz CT molecular complexity index is 1400. The van der Waals surface area contributed by atoms with Crippen LogP contribution < -0.4 is 16.2 Å². The molecule has 0 saturated heterocycles. The second-order valence-corrected chi connectivity index (χ2v) is 7.46. The fraction of sp³-hybridized carbons (Fsp3) is 0.120. The van der Waals surface area contributed by atoms with Crippen LogP contribution in [-0.4, -0.2) is 34.5 Å². The van der Waals surface area contributed by atoms with E-state index < -0.39 is 11.7 Å². The van der Waals surface area contributed by atoms with Gasteiger partial charge in [-0.25, -0.2) is 9.37 Å². The maximum Gasteiger partial charge on any atom is 0.265 e. The van der Waals surface area contributed by atoms with Crippen LogP contribution in [0, 0.1) is 12.7 Å². The summed E-state index contributed by atoms with van der Waals surface area (Å²) in [6.07, 6.45) is 1.46. The van der Waals surface area contributed by atoms with Crippen molar-refractivity contribution in [1.82, 2.24) is 20.2 Å². The molecule has 0 fully saturated rings. The van der Waals surface area contributed by atoms with Gasteiger partial charge in [0.2, 0.25) is 0 Å². The molecule has 166 valence electrons. The summed E-state index contributed by atoms with van der Waals surface area (Å²) in [6.45, 7) is 2.01. The Labute approximate surface area is 188 Å². The van der Waals surface area contributed by atoms with E-state index in [0.29, 0.717) is 27.7 Å². The van der Waals surface area contributed by atoms with Crippen LogP contribution in [0.3, 0.4) is 0 Å². The van der Waals surface area contributed by atoms with Gasteiger partial charge >= 0.3 is 0 Å². The van der Waals surface area contributed by atoms with Gasteiger partial charge in [-0.1, -0.05) is 18.2 Å². The molecule has 0 atom stereocenters. The topological polar surface area (TPSA) is 93.1 Å². The van der Waals surface area contributed by atoms with Crippen LogP contribution >= 0.6 is 0 Å². The summed E-state index contributed by atoms with van der Waals surface area (Å²) < 4.78 is 15.0. The number of hydrogen-bond acceptors (Lipinski definition) is 4. The maximum absolute atomic E-state index is 13.6. The number of hydrogen-bond donors (Lipinski definition) is 2. The van der Waals surface area contributed by atoms with Crippen LogP contribution in [0.5, 0.6) is 0 Å². The molecule has 33 heavy (non-hydrogen) atoms. The summed E-state index contributed by atoms with van der Waals surface area (Å²) in [5, 5.41) is 5.86. The number of fused-ring (bicyclic) bond motifs is 1. The molecule has 1 aromatic heterocycles. The van der Waals surface area contributed by atoms with E-state index in [1.165, 1.54) is 23.0 Å². The first-order valence-electron chi connectivity index (χ1n) is 10.3. The van der Waals surface area contributed by atoms with Crippen molar-refractivity contribution in [3.05, 3.63) is 106 Å². The minimum Gasteiger partial charge on any atom is -0.350 e. The van der Waals surface area contributed by atoms with E-state index in [9.17, 15) is 18.8 Å². The number of carbonyl (C=O) groups is 2. The maximum atomic E-state index is 13.6. The predicted molar refractivity (Wildman–Crippen MR) is 123 cm³/mol. The standard InChI is InChI=1S/C25H21FN4O3/c1-16-6-7-18(14-21(16)26)24(32)28-13-12-27-23(31)17-8-10-19(11-9-17)30-15-29-22-5-3-2-4-20(22)25(30)33/h2-11,14-15H,12-13H2,1H3,(H,27,31)(H,28,32). The highest BCUT2D eigenvalue weighted by Crippen LogP contribution is 2.11. The summed E-state index contributed by atoms with van der Waals surface area (Å²) in [5.74, 6) is -1.18. The van der Waals surface area contributed by atoms with E-state index in [4.69, 9.17) is 0 Å². The number of para-hydroxylation sites is 1. The molecule has 4 aromatic rings. The largest absolute Gasteiger partial charge is 0.350 e. The number of benzene rings is 3. The van der Waals surface area contributed by atoms with Crippen LogP contribution in [-0.2, 0) is 0 Å². The zero-order valence-corrected chi connectivity index (χ0v) is 17.8. The van der Waals surface area contributed by atoms with Crippen LogP contribution in [0.1, 0.15) is 26.3 Å². The summed E-state index contributed by atoms with van der Waals surface area (Å²) in [4.78, 5) is 41.5. The van der Waals surface area contributed by atoms with Gasteiger partial charge in [-0.15, -0.1) is 0 Å². The van der Waals surface area contributed by atoms with E-state index >= 15 is 0 Å². The molecule has 7 nitrogen and oxygen atoms in total. The Balaban J connectivity index is 1.34. The first-order valence-corrected chi connectivity index (χ1v) is 10.3. The lowest BCUT2D eigenvalue weighted by atomic mass is 10.1. The number of rotatable bonds is 6. The third-order valence-corrected chi connectivity index (χ3v) is 5.20. The molecule has 2 N–H and O–H groups in total. The van der Waals surface area contributed by atoms with Crippen molar-refractivity contribution < 1.29 is 14.0 Å². The highest BCUT2D eigenvalue weighted by Gasteiger charge is 2.10. The van der Waals surface area contributed by atoms with Gasteiger partial charge in [0.25, 0.3) is 17.4 Å². The molecule has 1 heterocycles. The molecule has 3 aromatic carbocycles. The van der Waals surface area contributed by atoms with Gasteiger partial charge in [0.1, 0.15) is 12.1 Å². The van der Waals surface area contributed by atoms with Crippen molar-refractivity contribution in [2.45, 2.75) is 6.92 Å². The van der Waals surface area contributed by atoms with Gasteiger partial charge in [-0.3, -0.25) is 19.0 Å². The van der Waals surface area contributed by atoms with Crippen LogP contribution in [0.15, 0.2) is 77.9 Å². The quantitative estimate of drug-likeness (QED) is 0.447. The van der Waals surface area contributed by atoms with Crippen molar-refractivity contribution in [3.8, 4) is 5.69 Å². The smallest absolute Gasteiger partial charge is 0.265 e. The summed E-state index contributed by atoms with van der Waals surface area (Å²) in [7, 11) is 0. The Morgan fingerprint density at radius 2 is 1.55 bits per heavy atom. The van der Waals surface area contributed by atoms with Crippen molar-refractivity contribution in [2.75, 3.05) is 13.1 Å². The van der Waals surface area contributed by atoms with Crippen LogP contribution in [0.25, 0.3) is 16.6 Å². The molecule has 0 spiro atoms. The van der Waals surface area contributed by atoms with Crippen molar-refractivity contribution >= 4 is 22.7 Å². The Kier molecular flexibility index (Phi) is 6.26. The van der Waals surface area contributed by atoms with Gasteiger partial charge in [0.05, 0.1) is 16.6 Å². The van der Waals surface area contributed by atoms with E-state index in [-0.39, 0.29) is 30.1 Å². The van der Waals surface area contributed by atoms with E-state index in [0.717, 1.165) is 0 Å². The minimum absolute atomic E-state index is 0.191. The summed E-state index contributed by atoms with van der Waals surface area (Å²) in [6, 6.07) is 17.9. The van der Waals surface area contributed by atoms with Crippen molar-refractivity contribution in [3.63, 3.8) is 0 Å². The number of amides is 2. The van der Waals surface area contributed by atoms with Gasteiger partial charge in [-0.2, -0.15) is 0 Å². The molecule has 8 heteroatoms. The Morgan fingerprint density at radius 3 is 2.24 bits per heavy atom. The molecule has 0 aliphatic carbocycles. The normalized spacial score (nSPS) is 10.7. The Hall–Kier alpha value is -4.33. The monoisotopic (exact) mass is 444 g/mol. The van der Waals surface area contributed by atoms with Crippen LogP contribution in [0.4, 0.5) is 4.39 Å². The van der Waals surface area contributed by atoms with E-state index in [1.54, 1.807) is 55.5 Å². The molecule has 4 rings (SSSR count). The first-order chi connectivity index (χ1) is 15.9. The van der Waals surface area contributed by atoms with Crippen LogP contribution in [0.2, 0.25) is 0 Å². The molecular formula is C25H21FN4O3. The Morgan fingerprint density at radius 1 is 0.909 bits per heavy atom. The van der Waals surface area contributed by atoms with Gasteiger partial charge in [0, 0.05) is 24.2 Å². The average molecular weight is 444 g/mol. The number of nitrogens with one attached hydrogen (secondary N) is 2. The molecular weight excluding hydrogens is 423 g/mol. The van der Waals surface area contributed by atoms with Gasteiger partial charge in [0.15, 0.2) is 0 Å². The first kappa shape index (κ1) is 21.9. The molecule has 0 unspecified atom stereocenters. The minimum atomic E-state index is -0.443. The fourth-order valence-corrected chi connectivity index (χ4v) is 3.32. The zero-order valence-electron chi connectivity index (χ0n) is 17.8.